The number of thiophene rings is 1. The number of halogens is 2. The Kier molecular flexibility index (Phi) is 6.42. The molecule has 2 amide bonds. The highest BCUT2D eigenvalue weighted by atomic mass is 32.1. The number of hydrogen-bond donors (Lipinski definition) is 2. The fraction of sp³-hybridized carbons (Fsp3) is 0.318. The van der Waals surface area contributed by atoms with Crippen LogP contribution in [0.5, 0.6) is 0 Å². The normalized spacial score (nSPS) is 11.5. The third-order valence-electron chi connectivity index (χ3n) is 5.28. The Morgan fingerprint density at radius 2 is 1.97 bits per heavy atom. The first kappa shape index (κ1) is 23.5. The molecule has 0 unspecified atom stereocenters. The summed E-state index contributed by atoms with van der Waals surface area (Å²) in [5.74, 6) is -1.16. The predicted octanol–water partition coefficient (Wildman–Crippen LogP) is 4.06. The zero-order valence-corrected chi connectivity index (χ0v) is 19.6. The number of nitrogens with two attached hydrogens (primary N) is 1. The highest BCUT2D eigenvalue weighted by Crippen LogP contribution is 2.43. The van der Waals surface area contributed by atoms with E-state index in [1.54, 1.807) is 28.7 Å². The van der Waals surface area contributed by atoms with Crippen molar-refractivity contribution in [1.82, 2.24) is 24.5 Å². The van der Waals surface area contributed by atoms with Crippen molar-refractivity contribution >= 4 is 39.1 Å². The lowest BCUT2D eigenvalue weighted by Gasteiger charge is -2.10. The van der Waals surface area contributed by atoms with E-state index in [4.69, 9.17) is 5.73 Å². The molecule has 12 heteroatoms. The van der Waals surface area contributed by atoms with Crippen molar-refractivity contribution in [3.63, 3.8) is 0 Å². The number of rotatable bonds is 8. The van der Waals surface area contributed by atoms with Gasteiger partial charge >= 0.3 is 0 Å². The number of fused-ring (bicyclic) bond motifs is 1. The van der Waals surface area contributed by atoms with Crippen LogP contribution >= 0.6 is 11.3 Å². The van der Waals surface area contributed by atoms with Gasteiger partial charge in [-0.2, -0.15) is 10.2 Å². The van der Waals surface area contributed by atoms with Gasteiger partial charge in [0.2, 0.25) is 5.91 Å². The predicted molar refractivity (Wildman–Crippen MR) is 125 cm³/mol. The fourth-order valence-electron chi connectivity index (χ4n) is 3.69. The molecule has 0 atom stereocenters. The minimum Gasteiger partial charge on any atom is -0.365 e. The first-order valence-corrected chi connectivity index (χ1v) is 11.4. The van der Waals surface area contributed by atoms with Gasteiger partial charge in [0, 0.05) is 42.9 Å². The first-order valence-electron chi connectivity index (χ1n) is 10.6. The maximum atomic E-state index is 13.7. The summed E-state index contributed by atoms with van der Waals surface area (Å²) in [5, 5.41) is 11.7. The topological polar surface area (TPSA) is 121 Å². The van der Waals surface area contributed by atoms with E-state index in [9.17, 15) is 18.4 Å². The average Bonchev–Trinajstić information content (AvgIpc) is 3.48. The molecule has 0 aliphatic rings. The van der Waals surface area contributed by atoms with Gasteiger partial charge in [-0.05, 0) is 38.0 Å². The molecule has 0 saturated heterocycles. The van der Waals surface area contributed by atoms with Gasteiger partial charge in [0.25, 0.3) is 12.3 Å². The summed E-state index contributed by atoms with van der Waals surface area (Å²) in [6.07, 6.45) is 2.50. The molecule has 4 aromatic heterocycles. The number of hydrogen-bond acceptors (Lipinski definition) is 6. The molecule has 9 nitrogen and oxygen atoms in total. The second kappa shape index (κ2) is 9.29. The molecule has 0 spiro atoms. The molecule has 178 valence electrons. The molecule has 0 aliphatic carbocycles. The van der Waals surface area contributed by atoms with E-state index in [1.165, 1.54) is 6.07 Å². The van der Waals surface area contributed by atoms with Crippen LogP contribution in [0.3, 0.4) is 0 Å². The largest absolute Gasteiger partial charge is 0.365 e. The maximum Gasteiger partial charge on any atom is 0.280 e. The van der Waals surface area contributed by atoms with Crippen molar-refractivity contribution in [2.24, 2.45) is 5.73 Å². The molecule has 34 heavy (non-hydrogen) atoms. The van der Waals surface area contributed by atoms with E-state index < -0.39 is 18.0 Å². The zero-order chi connectivity index (χ0) is 24.6. The van der Waals surface area contributed by atoms with Crippen LogP contribution in [0.1, 0.15) is 46.4 Å². The van der Waals surface area contributed by atoms with Gasteiger partial charge in [0.15, 0.2) is 0 Å². The van der Waals surface area contributed by atoms with E-state index in [0.717, 1.165) is 16.9 Å². The van der Waals surface area contributed by atoms with Crippen LogP contribution in [0.25, 0.3) is 21.3 Å². The Morgan fingerprint density at radius 3 is 2.56 bits per heavy atom. The monoisotopic (exact) mass is 487 g/mol. The third-order valence-corrected chi connectivity index (χ3v) is 6.38. The van der Waals surface area contributed by atoms with Crippen molar-refractivity contribution in [2.75, 3.05) is 5.32 Å². The minimum atomic E-state index is -2.82. The number of nitrogens with one attached hydrogen (secondary N) is 1. The molecule has 4 rings (SSSR count). The van der Waals surface area contributed by atoms with Crippen molar-refractivity contribution < 1.29 is 18.4 Å². The summed E-state index contributed by atoms with van der Waals surface area (Å²) in [4.78, 5) is 29.3. The maximum absolute atomic E-state index is 13.7. The van der Waals surface area contributed by atoms with Crippen molar-refractivity contribution in [1.29, 1.82) is 0 Å². The van der Waals surface area contributed by atoms with Crippen LogP contribution in [-0.2, 0) is 17.9 Å². The lowest BCUT2D eigenvalue weighted by atomic mass is 10.0. The van der Waals surface area contributed by atoms with Gasteiger partial charge in [-0.15, -0.1) is 11.3 Å². The van der Waals surface area contributed by atoms with E-state index in [2.05, 4.69) is 20.5 Å². The summed E-state index contributed by atoms with van der Waals surface area (Å²) in [6.45, 7) is 6.48. The van der Waals surface area contributed by atoms with Crippen molar-refractivity contribution in [3.8, 4) is 11.1 Å². The number of pyridine rings is 1. The van der Waals surface area contributed by atoms with Gasteiger partial charge in [-0.3, -0.25) is 19.0 Å². The van der Waals surface area contributed by atoms with Crippen LogP contribution < -0.4 is 11.1 Å². The van der Waals surface area contributed by atoms with Crippen molar-refractivity contribution in [2.45, 2.75) is 46.7 Å². The van der Waals surface area contributed by atoms with Crippen LogP contribution in [0.4, 0.5) is 14.5 Å². The standard InChI is InChI=1S/C22H23F2N7O2S/c1-4-30-10-14(12(3)29-30)13-7-15(20(23)24)27-22-17(13)18(19(34-22)21(25)33)28-16(32)5-6-31-9-11(2)8-26-31/h7-10,20H,4-6H2,1-3H3,(H2,25,33)(H,28,32). The molecule has 0 radical (unpaired) electrons. The number of anilines is 1. The number of aryl methyl sites for hydroxylation is 4. The van der Waals surface area contributed by atoms with E-state index in [0.29, 0.717) is 35.3 Å². The fourth-order valence-corrected chi connectivity index (χ4v) is 4.70. The summed E-state index contributed by atoms with van der Waals surface area (Å²) in [6, 6.07) is 1.27. The number of carbonyl (C=O) groups excluding carboxylic acids is 2. The molecular weight excluding hydrogens is 464 g/mol. The van der Waals surface area contributed by atoms with E-state index in [1.807, 2.05) is 20.0 Å². The first-order chi connectivity index (χ1) is 16.2. The molecule has 3 N–H and O–H groups in total. The summed E-state index contributed by atoms with van der Waals surface area (Å²) in [7, 11) is 0. The SMILES string of the molecule is CCn1cc(-c2cc(C(F)F)nc3sc(C(N)=O)c(NC(=O)CCn4cc(C)cn4)c23)c(C)n1. The van der Waals surface area contributed by atoms with E-state index in [-0.39, 0.29) is 27.7 Å². The van der Waals surface area contributed by atoms with Gasteiger partial charge in [0.05, 0.1) is 17.6 Å². The lowest BCUT2D eigenvalue weighted by molar-refractivity contribution is -0.116. The number of nitrogens with zero attached hydrogens (tertiary/aromatic N) is 5. The Bertz CT molecular complexity index is 1390. The number of alkyl halides is 2. The second-order valence-electron chi connectivity index (χ2n) is 7.81. The van der Waals surface area contributed by atoms with Crippen LogP contribution in [0.15, 0.2) is 24.7 Å². The number of primary amides is 1. The number of aromatic nitrogens is 5. The quantitative estimate of drug-likeness (QED) is 0.388. The van der Waals surface area contributed by atoms with E-state index >= 15 is 0 Å². The summed E-state index contributed by atoms with van der Waals surface area (Å²) < 4.78 is 30.6. The highest BCUT2D eigenvalue weighted by molar-refractivity contribution is 7.21. The van der Waals surface area contributed by atoms with Crippen LogP contribution in [0, 0.1) is 13.8 Å². The Balaban J connectivity index is 1.82. The summed E-state index contributed by atoms with van der Waals surface area (Å²) in [5.41, 5.74) is 7.90. The second-order valence-corrected chi connectivity index (χ2v) is 8.81. The molecule has 4 heterocycles. The van der Waals surface area contributed by atoms with Gasteiger partial charge in [0.1, 0.15) is 15.4 Å². The van der Waals surface area contributed by atoms with Crippen LogP contribution in [0.2, 0.25) is 0 Å². The third kappa shape index (κ3) is 4.53. The zero-order valence-electron chi connectivity index (χ0n) is 18.8. The molecule has 0 aliphatic heterocycles. The molecule has 0 aromatic carbocycles. The molecule has 0 saturated carbocycles. The molecular formula is C22H23F2N7O2S. The lowest BCUT2D eigenvalue weighted by Crippen LogP contribution is -2.18. The Morgan fingerprint density at radius 1 is 1.21 bits per heavy atom. The Hall–Kier alpha value is -3.67. The van der Waals surface area contributed by atoms with Crippen LogP contribution in [-0.4, -0.2) is 36.4 Å². The highest BCUT2D eigenvalue weighted by Gasteiger charge is 2.26. The Labute approximate surface area is 197 Å². The van der Waals surface area contributed by atoms with Crippen molar-refractivity contribution in [3.05, 3.63) is 46.5 Å². The number of amides is 2. The minimum absolute atomic E-state index is 0.0407. The molecule has 0 fully saturated rings. The van der Waals surface area contributed by atoms with Gasteiger partial charge in [-0.25, -0.2) is 13.8 Å². The average molecular weight is 488 g/mol. The molecule has 0 bridgehead atoms. The number of carbonyl (C=O) groups is 2. The van der Waals surface area contributed by atoms with Gasteiger partial charge < -0.3 is 11.1 Å². The molecule has 4 aromatic rings. The smallest absolute Gasteiger partial charge is 0.280 e. The summed E-state index contributed by atoms with van der Waals surface area (Å²) >= 11 is 0.872. The van der Waals surface area contributed by atoms with Gasteiger partial charge in [-0.1, -0.05) is 0 Å².